The number of nitrogens with one attached hydrogen (secondary N) is 1. The molecule has 0 spiro atoms. The van der Waals surface area contributed by atoms with Gasteiger partial charge in [-0.15, -0.1) is 6.58 Å². The maximum atomic E-state index is 12.9. The zero-order valence-electron chi connectivity index (χ0n) is 15.5. The molecule has 0 radical (unpaired) electrons. The highest BCUT2D eigenvalue weighted by molar-refractivity contribution is 7.99. The second kappa shape index (κ2) is 9.71. The third-order valence-electron chi connectivity index (χ3n) is 4.18. The van der Waals surface area contributed by atoms with Crippen molar-refractivity contribution in [3.8, 4) is 0 Å². The van der Waals surface area contributed by atoms with E-state index in [0.29, 0.717) is 40.6 Å². The molecule has 0 fully saturated rings. The van der Waals surface area contributed by atoms with Crippen LogP contribution in [0.5, 0.6) is 0 Å². The van der Waals surface area contributed by atoms with E-state index in [1.165, 1.54) is 28.5 Å². The summed E-state index contributed by atoms with van der Waals surface area (Å²) in [5.41, 5.74) is 1.22. The number of benzene rings is 2. The van der Waals surface area contributed by atoms with Crippen LogP contribution in [-0.4, -0.2) is 27.8 Å². The number of hydrogen-bond donors (Lipinski definition) is 1. The summed E-state index contributed by atoms with van der Waals surface area (Å²) in [6, 6.07) is 11.1. The number of aromatic nitrogens is 2. The topological polar surface area (TPSA) is 64.0 Å². The van der Waals surface area contributed by atoms with Crippen LogP contribution in [-0.2, 0) is 17.8 Å². The van der Waals surface area contributed by atoms with E-state index in [1.54, 1.807) is 36.4 Å². The molecule has 1 N–H and O–H groups in total. The number of amides is 1. The Morgan fingerprint density at radius 1 is 1.28 bits per heavy atom. The molecule has 1 aromatic heterocycles. The summed E-state index contributed by atoms with van der Waals surface area (Å²) >= 11 is 7.19. The number of halogens is 2. The lowest BCUT2D eigenvalue weighted by molar-refractivity contribution is -0.118. The van der Waals surface area contributed by atoms with Gasteiger partial charge in [-0.05, 0) is 42.3 Å². The third-order valence-corrected chi connectivity index (χ3v) is 5.39. The van der Waals surface area contributed by atoms with E-state index in [1.807, 2.05) is 0 Å². The number of hydrogen-bond acceptors (Lipinski definition) is 4. The van der Waals surface area contributed by atoms with Gasteiger partial charge < -0.3 is 5.32 Å². The lowest BCUT2D eigenvalue weighted by Crippen LogP contribution is -2.28. The second-order valence-electron chi connectivity index (χ2n) is 6.28. The molecule has 0 aliphatic rings. The minimum atomic E-state index is -0.288. The van der Waals surface area contributed by atoms with Crippen molar-refractivity contribution in [1.82, 2.24) is 14.9 Å². The fourth-order valence-corrected chi connectivity index (χ4v) is 3.76. The summed E-state index contributed by atoms with van der Waals surface area (Å²) < 4.78 is 14.4. The molecule has 0 aliphatic heterocycles. The molecule has 1 amide bonds. The van der Waals surface area contributed by atoms with Crippen molar-refractivity contribution in [2.24, 2.45) is 0 Å². The third kappa shape index (κ3) is 5.46. The molecule has 0 saturated heterocycles. The van der Waals surface area contributed by atoms with Gasteiger partial charge in [0.2, 0.25) is 5.91 Å². The van der Waals surface area contributed by atoms with Crippen LogP contribution in [0.4, 0.5) is 4.39 Å². The minimum Gasteiger partial charge on any atom is -0.355 e. The fourth-order valence-electron chi connectivity index (χ4n) is 2.75. The van der Waals surface area contributed by atoms with E-state index in [2.05, 4.69) is 16.9 Å². The zero-order chi connectivity index (χ0) is 20.8. The summed E-state index contributed by atoms with van der Waals surface area (Å²) in [7, 11) is 0. The summed E-state index contributed by atoms with van der Waals surface area (Å²) in [6.45, 7) is 4.41. The van der Waals surface area contributed by atoms with Crippen LogP contribution in [0, 0.1) is 5.82 Å². The molecule has 150 valence electrons. The molecular weight excluding hydrogens is 413 g/mol. The molecular formula is C21H19ClFN3O2S. The zero-order valence-corrected chi connectivity index (χ0v) is 17.1. The highest BCUT2D eigenvalue weighted by Gasteiger charge is 2.13. The molecule has 0 saturated carbocycles. The molecule has 5 nitrogen and oxygen atoms in total. The summed E-state index contributed by atoms with van der Waals surface area (Å²) in [5, 5.41) is 4.20. The largest absolute Gasteiger partial charge is 0.355 e. The maximum absolute atomic E-state index is 12.9. The molecule has 1 heterocycles. The molecule has 29 heavy (non-hydrogen) atoms. The number of rotatable bonds is 8. The minimum absolute atomic E-state index is 0.110. The smallest absolute Gasteiger partial charge is 0.262 e. The predicted octanol–water partition coefficient (Wildman–Crippen LogP) is 3.83. The van der Waals surface area contributed by atoms with Crippen molar-refractivity contribution in [2.45, 2.75) is 18.1 Å². The first-order valence-corrected chi connectivity index (χ1v) is 10.3. The normalized spacial score (nSPS) is 10.8. The quantitative estimate of drug-likeness (QED) is 0.334. The van der Waals surface area contributed by atoms with Crippen molar-refractivity contribution >= 4 is 40.2 Å². The average molecular weight is 432 g/mol. The Balaban J connectivity index is 1.66. The van der Waals surface area contributed by atoms with Gasteiger partial charge in [0, 0.05) is 18.1 Å². The van der Waals surface area contributed by atoms with E-state index < -0.39 is 0 Å². The van der Waals surface area contributed by atoms with E-state index in [4.69, 9.17) is 11.6 Å². The summed E-state index contributed by atoms with van der Waals surface area (Å²) in [4.78, 5) is 29.4. The Morgan fingerprint density at radius 2 is 2.03 bits per heavy atom. The first-order valence-electron chi connectivity index (χ1n) is 8.93. The molecule has 3 aromatic rings. The van der Waals surface area contributed by atoms with E-state index in [-0.39, 0.29) is 23.0 Å². The van der Waals surface area contributed by atoms with Crippen LogP contribution in [0.15, 0.2) is 65.1 Å². The van der Waals surface area contributed by atoms with E-state index >= 15 is 0 Å². The van der Waals surface area contributed by atoms with Gasteiger partial charge in [-0.1, -0.05) is 41.6 Å². The Labute approximate surface area is 176 Å². The van der Waals surface area contributed by atoms with E-state index in [9.17, 15) is 14.0 Å². The Kier molecular flexibility index (Phi) is 7.06. The van der Waals surface area contributed by atoms with Crippen molar-refractivity contribution in [1.29, 1.82) is 0 Å². The van der Waals surface area contributed by atoms with Crippen molar-refractivity contribution < 1.29 is 9.18 Å². The molecule has 2 aromatic carbocycles. The van der Waals surface area contributed by atoms with Crippen LogP contribution in [0.25, 0.3) is 10.9 Å². The number of thioether (sulfide) groups is 1. The van der Waals surface area contributed by atoms with Gasteiger partial charge in [0.05, 0.1) is 16.7 Å². The fraction of sp³-hybridized carbons (Fsp3) is 0.190. The number of carbonyl (C=O) groups excluding carboxylic acids is 1. The Bertz CT molecular complexity index is 1100. The average Bonchev–Trinajstić information content (AvgIpc) is 2.70. The summed E-state index contributed by atoms with van der Waals surface area (Å²) in [6.07, 6.45) is 2.21. The van der Waals surface area contributed by atoms with Gasteiger partial charge in [-0.3, -0.25) is 14.2 Å². The lowest BCUT2D eigenvalue weighted by Gasteiger charge is -2.11. The van der Waals surface area contributed by atoms with Gasteiger partial charge in [-0.2, -0.15) is 0 Å². The van der Waals surface area contributed by atoms with E-state index in [0.717, 1.165) is 5.56 Å². The van der Waals surface area contributed by atoms with Crippen LogP contribution in [0.2, 0.25) is 5.02 Å². The monoisotopic (exact) mass is 431 g/mol. The standard InChI is InChI=1S/C21H19ClFN3O2S/c1-2-11-26-20(28)17-8-5-15(22)12-18(17)25-21(26)29-13-19(27)24-10-9-14-3-6-16(23)7-4-14/h2-8,12H,1,9-11,13H2,(H,24,27). The molecule has 0 bridgehead atoms. The SMILES string of the molecule is C=CCn1c(SCC(=O)NCCc2ccc(F)cc2)nc2cc(Cl)ccc2c1=O. The van der Waals surface area contributed by atoms with Crippen LogP contribution >= 0.6 is 23.4 Å². The van der Waals surface area contributed by atoms with Crippen molar-refractivity contribution in [2.75, 3.05) is 12.3 Å². The lowest BCUT2D eigenvalue weighted by atomic mass is 10.1. The first kappa shape index (κ1) is 21.1. The number of fused-ring (bicyclic) bond motifs is 1. The molecule has 3 rings (SSSR count). The van der Waals surface area contributed by atoms with Crippen molar-refractivity contribution in [3.63, 3.8) is 0 Å². The van der Waals surface area contributed by atoms with Gasteiger partial charge in [0.1, 0.15) is 5.82 Å². The predicted molar refractivity (Wildman–Crippen MR) is 115 cm³/mol. The van der Waals surface area contributed by atoms with Gasteiger partial charge >= 0.3 is 0 Å². The van der Waals surface area contributed by atoms with Gasteiger partial charge in [0.25, 0.3) is 5.56 Å². The van der Waals surface area contributed by atoms with Crippen LogP contribution in [0.1, 0.15) is 5.56 Å². The molecule has 0 aliphatic carbocycles. The highest BCUT2D eigenvalue weighted by Crippen LogP contribution is 2.20. The van der Waals surface area contributed by atoms with Crippen LogP contribution in [0.3, 0.4) is 0 Å². The maximum Gasteiger partial charge on any atom is 0.262 e. The number of allylic oxidation sites excluding steroid dienone is 1. The first-order chi connectivity index (χ1) is 14.0. The molecule has 0 unspecified atom stereocenters. The Morgan fingerprint density at radius 3 is 2.76 bits per heavy atom. The van der Waals surface area contributed by atoms with Gasteiger partial charge in [-0.25, -0.2) is 9.37 Å². The van der Waals surface area contributed by atoms with Gasteiger partial charge in [0.15, 0.2) is 5.16 Å². The number of carbonyl (C=O) groups is 1. The van der Waals surface area contributed by atoms with Crippen molar-refractivity contribution in [3.05, 3.63) is 81.9 Å². The summed E-state index contributed by atoms with van der Waals surface area (Å²) in [5.74, 6) is -0.356. The highest BCUT2D eigenvalue weighted by atomic mass is 35.5. The Hall–Kier alpha value is -2.64. The van der Waals surface area contributed by atoms with Crippen LogP contribution < -0.4 is 10.9 Å². The second-order valence-corrected chi connectivity index (χ2v) is 7.65. The number of nitrogens with zero attached hydrogens (tertiary/aromatic N) is 2. The molecule has 0 atom stereocenters. The molecule has 8 heteroatoms.